The van der Waals surface area contributed by atoms with Gasteiger partial charge in [-0.1, -0.05) is 13.8 Å². The first-order chi connectivity index (χ1) is 8.32. The molecule has 0 aromatic rings. The Labute approximate surface area is 111 Å². The molecule has 0 aromatic heterocycles. The number of nitrogens with zero attached hydrogens (tertiary/aromatic N) is 2. The van der Waals surface area contributed by atoms with E-state index in [0.717, 1.165) is 26.1 Å². The van der Waals surface area contributed by atoms with Crippen LogP contribution < -0.4 is 5.73 Å². The van der Waals surface area contributed by atoms with Crippen molar-refractivity contribution in [3.63, 3.8) is 0 Å². The molecule has 18 heavy (non-hydrogen) atoms. The molecule has 0 bridgehead atoms. The van der Waals surface area contributed by atoms with Gasteiger partial charge in [0.2, 0.25) is 5.91 Å². The molecular formula is C14H29N3O. The summed E-state index contributed by atoms with van der Waals surface area (Å²) in [6, 6.07) is 0.222. The lowest BCUT2D eigenvalue weighted by atomic mass is 10.0. The Kier molecular flexibility index (Phi) is 5.60. The number of carbonyl (C=O) groups excluding carboxylic acids is 1. The van der Waals surface area contributed by atoms with Gasteiger partial charge in [-0.3, -0.25) is 4.79 Å². The van der Waals surface area contributed by atoms with Gasteiger partial charge in [-0.2, -0.15) is 0 Å². The van der Waals surface area contributed by atoms with Crippen molar-refractivity contribution in [2.75, 3.05) is 26.7 Å². The monoisotopic (exact) mass is 255 g/mol. The molecule has 4 heteroatoms. The van der Waals surface area contributed by atoms with Crippen LogP contribution in [0.15, 0.2) is 0 Å². The average Bonchev–Trinajstić information content (AvgIpc) is 2.75. The van der Waals surface area contributed by atoms with E-state index in [1.165, 1.54) is 0 Å². The SMILES string of the molecule is CC(C)[C@H](N)C(=O)N1CC[C@H](CN(C)C(C)C)C1. The smallest absolute Gasteiger partial charge is 0.239 e. The van der Waals surface area contributed by atoms with Gasteiger partial charge in [0.1, 0.15) is 0 Å². The standard InChI is InChI=1S/C14H29N3O/c1-10(2)13(15)14(18)17-7-6-12(9-17)8-16(5)11(3)4/h10-13H,6-9,15H2,1-5H3/t12-,13+/m1/s1. The molecule has 1 aliphatic heterocycles. The summed E-state index contributed by atoms with van der Waals surface area (Å²) in [6.45, 7) is 11.2. The molecule has 0 spiro atoms. The second kappa shape index (κ2) is 6.53. The van der Waals surface area contributed by atoms with Crippen molar-refractivity contribution in [3.05, 3.63) is 0 Å². The van der Waals surface area contributed by atoms with Crippen molar-refractivity contribution in [2.24, 2.45) is 17.6 Å². The Balaban J connectivity index is 2.44. The van der Waals surface area contributed by atoms with Crippen molar-refractivity contribution >= 4 is 5.91 Å². The van der Waals surface area contributed by atoms with Crippen LogP contribution in [0.1, 0.15) is 34.1 Å². The first-order valence-corrected chi connectivity index (χ1v) is 7.07. The van der Waals surface area contributed by atoms with E-state index >= 15 is 0 Å². The first-order valence-electron chi connectivity index (χ1n) is 7.07. The molecule has 0 aromatic carbocycles. The normalized spacial score (nSPS) is 22.3. The summed E-state index contributed by atoms with van der Waals surface area (Å²) < 4.78 is 0. The van der Waals surface area contributed by atoms with Gasteiger partial charge in [-0.25, -0.2) is 0 Å². The van der Waals surface area contributed by atoms with Gasteiger partial charge in [0, 0.05) is 25.7 Å². The summed E-state index contributed by atoms with van der Waals surface area (Å²) in [7, 11) is 2.15. The molecule has 0 aliphatic carbocycles. The quantitative estimate of drug-likeness (QED) is 0.802. The summed E-state index contributed by atoms with van der Waals surface area (Å²) in [4.78, 5) is 16.4. The molecule has 1 amide bonds. The summed E-state index contributed by atoms with van der Waals surface area (Å²) in [6.07, 6.45) is 1.10. The Hall–Kier alpha value is -0.610. The van der Waals surface area contributed by atoms with E-state index < -0.39 is 0 Å². The summed E-state index contributed by atoms with van der Waals surface area (Å²) in [5.74, 6) is 0.940. The van der Waals surface area contributed by atoms with E-state index in [4.69, 9.17) is 5.73 Å². The zero-order valence-electron chi connectivity index (χ0n) is 12.5. The maximum absolute atomic E-state index is 12.1. The second-order valence-electron chi connectivity index (χ2n) is 6.24. The molecule has 1 fully saturated rings. The van der Waals surface area contributed by atoms with Crippen LogP contribution in [0.4, 0.5) is 0 Å². The second-order valence-corrected chi connectivity index (χ2v) is 6.24. The number of rotatable bonds is 5. The number of nitrogens with two attached hydrogens (primary N) is 1. The Morgan fingerprint density at radius 1 is 1.39 bits per heavy atom. The number of carbonyl (C=O) groups is 1. The van der Waals surface area contributed by atoms with Crippen LogP contribution in [0, 0.1) is 11.8 Å². The highest BCUT2D eigenvalue weighted by atomic mass is 16.2. The molecule has 2 atom stereocenters. The third kappa shape index (κ3) is 3.95. The predicted molar refractivity (Wildman–Crippen MR) is 75.3 cm³/mol. The number of hydrogen-bond acceptors (Lipinski definition) is 3. The highest BCUT2D eigenvalue weighted by Gasteiger charge is 2.30. The van der Waals surface area contributed by atoms with Crippen LogP contribution in [-0.4, -0.2) is 54.5 Å². The molecule has 0 saturated carbocycles. The van der Waals surface area contributed by atoms with E-state index in [0.29, 0.717) is 12.0 Å². The number of likely N-dealkylation sites (tertiary alicyclic amines) is 1. The van der Waals surface area contributed by atoms with E-state index in [1.54, 1.807) is 0 Å². The molecule has 0 unspecified atom stereocenters. The van der Waals surface area contributed by atoms with Crippen LogP contribution in [0.5, 0.6) is 0 Å². The van der Waals surface area contributed by atoms with Crippen LogP contribution in [0.2, 0.25) is 0 Å². The minimum Gasteiger partial charge on any atom is -0.341 e. The lowest BCUT2D eigenvalue weighted by molar-refractivity contribution is -0.132. The fourth-order valence-electron chi connectivity index (χ4n) is 2.30. The van der Waals surface area contributed by atoms with E-state index in [1.807, 2.05) is 18.7 Å². The fraction of sp³-hybridized carbons (Fsp3) is 0.929. The molecule has 1 rings (SSSR count). The number of hydrogen-bond donors (Lipinski definition) is 1. The molecule has 4 nitrogen and oxygen atoms in total. The van der Waals surface area contributed by atoms with Crippen molar-refractivity contribution < 1.29 is 4.79 Å². The van der Waals surface area contributed by atoms with Crippen LogP contribution in [0.3, 0.4) is 0 Å². The van der Waals surface area contributed by atoms with Crippen molar-refractivity contribution in [3.8, 4) is 0 Å². The molecule has 2 N–H and O–H groups in total. The van der Waals surface area contributed by atoms with Crippen LogP contribution in [0.25, 0.3) is 0 Å². The largest absolute Gasteiger partial charge is 0.341 e. The molecule has 1 heterocycles. The minimum absolute atomic E-state index is 0.125. The van der Waals surface area contributed by atoms with Gasteiger partial charge in [0.05, 0.1) is 6.04 Å². The van der Waals surface area contributed by atoms with Gasteiger partial charge in [0.15, 0.2) is 0 Å². The van der Waals surface area contributed by atoms with Gasteiger partial charge < -0.3 is 15.5 Å². The maximum atomic E-state index is 12.1. The Bertz CT molecular complexity index is 278. The maximum Gasteiger partial charge on any atom is 0.239 e. The molecule has 0 radical (unpaired) electrons. The van der Waals surface area contributed by atoms with Gasteiger partial charge in [0.25, 0.3) is 0 Å². The van der Waals surface area contributed by atoms with Gasteiger partial charge in [-0.15, -0.1) is 0 Å². The molecule has 1 aliphatic rings. The topological polar surface area (TPSA) is 49.6 Å². The van der Waals surface area contributed by atoms with Gasteiger partial charge >= 0.3 is 0 Å². The highest BCUT2D eigenvalue weighted by molar-refractivity contribution is 5.82. The number of amides is 1. The molecular weight excluding hydrogens is 226 g/mol. The summed E-state index contributed by atoms with van der Waals surface area (Å²) in [5.41, 5.74) is 5.93. The average molecular weight is 255 g/mol. The van der Waals surface area contributed by atoms with Crippen molar-refractivity contribution in [2.45, 2.75) is 46.2 Å². The Morgan fingerprint density at radius 2 is 2.00 bits per heavy atom. The lowest BCUT2D eigenvalue weighted by Crippen LogP contribution is -2.46. The highest BCUT2D eigenvalue weighted by Crippen LogP contribution is 2.19. The first kappa shape index (κ1) is 15.4. The summed E-state index contributed by atoms with van der Waals surface area (Å²) in [5, 5.41) is 0. The van der Waals surface area contributed by atoms with Crippen molar-refractivity contribution in [1.29, 1.82) is 0 Å². The lowest BCUT2D eigenvalue weighted by Gasteiger charge is -2.26. The molecule has 106 valence electrons. The predicted octanol–water partition coefficient (Wildman–Crippen LogP) is 1.16. The third-order valence-electron chi connectivity index (χ3n) is 4.03. The Morgan fingerprint density at radius 3 is 2.50 bits per heavy atom. The van der Waals surface area contributed by atoms with E-state index in [9.17, 15) is 4.79 Å². The third-order valence-corrected chi connectivity index (χ3v) is 4.03. The van der Waals surface area contributed by atoms with E-state index in [-0.39, 0.29) is 17.9 Å². The zero-order chi connectivity index (χ0) is 13.9. The van der Waals surface area contributed by atoms with Crippen LogP contribution in [-0.2, 0) is 4.79 Å². The van der Waals surface area contributed by atoms with Crippen molar-refractivity contribution in [1.82, 2.24) is 9.80 Å². The van der Waals surface area contributed by atoms with E-state index in [2.05, 4.69) is 25.8 Å². The molecule has 1 saturated heterocycles. The zero-order valence-corrected chi connectivity index (χ0v) is 12.5. The van der Waals surface area contributed by atoms with Gasteiger partial charge in [-0.05, 0) is 39.2 Å². The minimum atomic E-state index is -0.341. The summed E-state index contributed by atoms with van der Waals surface area (Å²) >= 11 is 0. The van der Waals surface area contributed by atoms with Crippen LogP contribution >= 0.6 is 0 Å². The fourth-order valence-corrected chi connectivity index (χ4v) is 2.30.